The Kier molecular flexibility index (Phi) is 3.19. The highest BCUT2D eigenvalue weighted by Crippen LogP contribution is 2.62. The van der Waals surface area contributed by atoms with Gasteiger partial charge < -0.3 is 9.47 Å². The van der Waals surface area contributed by atoms with Gasteiger partial charge in [0.25, 0.3) is 0 Å². The lowest BCUT2D eigenvalue weighted by atomic mass is 9.48. The molecule has 2 atom stereocenters. The largest absolute Gasteiger partial charge is 0.459 e. The fraction of sp³-hybridized carbons (Fsp3) is 0.765. The Morgan fingerprint density at radius 3 is 2.10 bits per heavy atom. The Hall–Kier alpha value is -1.32. The molecule has 0 heterocycles. The molecule has 21 heavy (non-hydrogen) atoms. The molecule has 4 fully saturated rings. The van der Waals surface area contributed by atoms with Crippen molar-refractivity contribution in [3.8, 4) is 0 Å². The zero-order chi connectivity index (χ0) is 15.4. The van der Waals surface area contributed by atoms with Crippen molar-refractivity contribution >= 4 is 11.9 Å². The van der Waals surface area contributed by atoms with Crippen LogP contribution >= 0.6 is 0 Å². The number of carbonyl (C=O) groups excluding carboxylic acids is 2. The van der Waals surface area contributed by atoms with Gasteiger partial charge in [0, 0.05) is 24.3 Å². The molecular formula is C17H24O4. The van der Waals surface area contributed by atoms with Gasteiger partial charge in [0.2, 0.25) is 0 Å². The zero-order valence-corrected chi connectivity index (χ0v) is 13.1. The van der Waals surface area contributed by atoms with Gasteiger partial charge in [-0.25, -0.2) is 4.79 Å². The third-order valence-electron chi connectivity index (χ3n) is 5.78. The summed E-state index contributed by atoms with van der Waals surface area (Å²) in [6.45, 7) is 8.91. The van der Waals surface area contributed by atoms with Gasteiger partial charge in [0.05, 0.1) is 0 Å². The van der Waals surface area contributed by atoms with Crippen molar-refractivity contribution in [3.63, 3.8) is 0 Å². The van der Waals surface area contributed by atoms with Crippen molar-refractivity contribution < 1.29 is 19.1 Å². The van der Waals surface area contributed by atoms with Gasteiger partial charge in [-0.2, -0.15) is 0 Å². The number of ether oxygens (including phenoxy) is 2. The molecule has 0 spiro atoms. The molecule has 0 aromatic carbocycles. The molecule has 0 aromatic rings. The Morgan fingerprint density at radius 1 is 1.05 bits per heavy atom. The van der Waals surface area contributed by atoms with E-state index in [0.29, 0.717) is 23.3 Å². The molecule has 4 aliphatic rings. The van der Waals surface area contributed by atoms with E-state index in [9.17, 15) is 9.59 Å². The van der Waals surface area contributed by atoms with Crippen molar-refractivity contribution in [1.82, 2.24) is 0 Å². The van der Waals surface area contributed by atoms with Crippen LogP contribution in [0, 0.1) is 17.8 Å². The Balaban J connectivity index is 1.84. The first kappa shape index (κ1) is 14.6. The van der Waals surface area contributed by atoms with Gasteiger partial charge in [0.1, 0.15) is 11.2 Å². The average molecular weight is 292 g/mol. The summed E-state index contributed by atoms with van der Waals surface area (Å²) in [6, 6.07) is 0. The van der Waals surface area contributed by atoms with Gasteiger partial charge in [-0.05, 0) is 51.9 Å². The highest BCUT2D eigenvalue weighted by molar-refractivity contribution is 5.87. The third kappa shape index (κ3) is 2.29. The lowest BCUT2D eigenvalue weighted by Gasteiger charge is -2.62. The van der Waals surface area contributed by atoms with Crippen molar-refractivity contribution in [2.45, 2.75) is 64.1 Å². The van der Waals surface area contributed by atoms with Crippen molar-refractivity contribution in [2.24, 2.45) is 17.8 Å². The summed E-state index contributed by atoms with van der Waals surface area (Å²) in [5.74, 6) is 0.685. The molecule has 0 aliphatic heterocycles. The van der Waals surface area contributed by atoms with Crippen LogP contribution in [0.2, 0.25) is 0 Å². The minimum atomic E-state index is -0.387. The maximum absolute atomic E-state index is 12.0. The summed E-state index contributed by atoms with van der Waals surface area (Å²) in [5, 5.41) is 0. The van der Waals surface area contributed by atoms with E-state index in [2.05, 4.69) is 13.5 Å². The molecule has 4 aliphatic carbocycles. The van der Waals surface area contributed by atoms with E-state index in [-0.39, 0.29) is 23.1 Å². The van der Waals surface area contributed by atoms with Gasteiger partial charge in [-0.1, -0.05) is 6.58 Å². The Morgan fingerprint density at radius 2 is 1.62 bits per heavy atom. The summed E-state index contributed by atoms with van der Waals surface area (Å²) in [5.41, 5.74) is -0.290. The maximum atomic E-state index is 12.0. The van der Waals surface area contributed by atoms with Gasteiger partial charge >= 0.3 is 11.9 Å². The predicted octanol–water partition coefficient (Wildman–Crippen LogP) is 3.01. The Labute approximate surface area is 125 Å². The second-order valence-electron chi connectivity index (χ2n) is 7.47. The van der Waals surface area contributed by atoms with E-state index in [4.69, 9.17) is 9.47 Å². The van der Waals surface area contributed by atoms with E-state index in [1.165, 1.54) is 6.92 Å². The molecule has 2 unspecified atom stereocenters. The molecule has 4 heteroatoms. The highest BCUT2D eigenvalue weighted by Gasteiger charge is 2.63. The number of hydrogen-bond donors (Lipinski definition) is 0. The lowest BCUT2D eigenvalue weighted by Crippen LogP contribution is -2.64. The second-order valence-corrected chi connectivity index (χ2v) is 7.47. The topological polar surface area (TPSA) is 52.6 Å². The molecule has 0 radical (unpaired) electrons. The first-order chi connectivity index (χ1) is 9.74. The van der Waals surface area contributed by atoms with E-state index >= 15 is 0 Å². The van der Waals surface area contributed by atoms with Crippen molar-refractivity contribution in [3.05, 3.63) is 12.2 Å². The van der Waals surface area contributed by atoms with Crippen LogP contribution in [0.25, 0.3) is 0 Å². The van der Waals surface area contributed by atoms with Crippen LogP contribution in [-0.2, 0) is 19.1 Å². The van der Waals surface area contributed by atoms with Crippen LogP contribution in [0.3, 0.4) is 0 Å². The van der Waals surface area contributed by atoms with Crippen molar-refractivity contribution in [1.29, 1.82) is 0 Å². The van der Waals surface area contributed by atoms with E-state index < -0.39 is 0 Å². The molecular weight excluding hydrogens is 268 g/mol. The van der Waals surface area contributed by atoms with Crippen LogP contribution in [0.5, 0.6) is 0 Å². The van der Waals surface area contributed by atoms with Crippen LogP contribution in [-0.4, -0.2) is 23.1 Å². The number of hydrogen-bond acceptors (Lipinski definition) is 4. The second kappa shape index (κ2) is 4.59. The Bertz CT molecular complexity index is 491. The monoisotopic (exact) mass is 292 g/mol. The molecule has 4 saturated carbocycles. The van der Waals surface area contributed by atoms with Gasteiger partial charge in [-0.15, -0.1) is 0 Å². The van der Waals surface area contributed by atoms with E-state index in [0.717, 1.165) is 32.1 Å². The summed E-state index contributed by atoms with van der Waals surface area (Å²) >= 11 is 0. The molecule has 0 saturated heterocycles. The fourth-order valence-corrected chi connectivity index (χ4v) is 5.00. The molecule has 4 bridgehead atoms. The summed E-state index contributed by atoms with van der Waals surface area (Å²) in [7, 11) is 0. The normalized spacial score (nSPS) is 43.5. The summed E-state index contributed by atoms with van der Waals surface area (Å²) in [6.07, 6.45) is 4.72. The molecule has 0 amide bonds. The minimum Gasteiger partial charge on any atom is -0.459 e. The maximum Gasteiger partial charge on any atom is 0.333 e. The lowest BCUT2D eigenvalue weighted by molar-refractivity contribution is -0.242. The smallest absolute Gasteiger partial charge is 0.333 e. The first-order valence-corrected chi connectivity index (χ1v) is 7.82. The molecule has 4 nitrogen and oxygen atoms in total. The predicted molar refractivity (Wildman–Crippen MR) is 77.4 cm³/mol. The molecule has 4 rings (SSSR count). The van der Waals surface area contributed by atoms with Crippen LogP contribution in [0.15, 0.2) is 12.2 Å². The summed E-state index contributed by atoms with van der Waals surface area (Å²) < 4.78 is 11.5. The van der Waals surface area contributed by atoms with E-state index in [1.807, 2.05) is 0 Å². The quantitative estimate of drug-likeness (QED) is 0.592. The molecule has 116 valence electrons. The van der Waals surface area contributed by atoms with Crippen molar-refractivity contribution in [2.75, 3.05) is 0 Å². The van der Waals surface area contributed by atoms with Crippen LogP contribution < -0.4 is 0 Å². The number of rotatable bonds is 3. The fourth-order valence-electron chi connectivity index (χ4n) is 5.00. The SMILES string of the molecule is C=C(C)C(=O)OC12CC3CC(C1)C(C)(OC(C)=O)C(C3)C2. The number of carbonyl (C=O) groups is 2. The highest BCUT2D eigenvalue weighted by atomic mass is 16.6. The summed E-state index contributed by atoms with van der Waals surface area (Å²) in [4.78, 5) is 23.4. The third-order valence-corrected chi connectivity index (χ3v) is 5.78. The average Bonchev–Trinajstić information content (AvgIpc) is 2.34. The molecule has 0 N–H and O–H groups in total. The van der Waals surface area contributed by atoms with Crippen LogP contribution in [0.4, 0.5) is 0 Å². The zero-order valence-electron chi connectivity index (χ0n) is 13.1. The first-order valence-electron chi connectivity index (χ1n) is 7.82. The number of esters is 2. The standard InChI is InChI=1S/C17H24O4/c1-10(2)15(19)21-17-7-12-5-13(8-17)16(4,20-11(3)18)14(6-12)9-17/h12-14H,1,5-9H2,2-4H3. The van der Waals surface area contributed by atoms with Gasteiger partial charge in [0.15, 0.2) is 0 Å². The van der Waals surface area contributed by atoms with Gasteiger partial charge in [-0.3, -0.25) is 4.79 Å². The molecule has 0 aromatic heterocycles. The van der Waals surface area contributed by atoms with E-state index in [1.54, 1.807) is 6.92 Å². The minimum absolute atomic E-state index is 0.210. The van der Waals surface area contributed by atoms with Crippen LogP contribution in [0.1, 0.15) is 52.9 Å².